The predicted molar refractivity (Wildman–Crippen MR) is 102 cm³/mol. The summed E-state index contributed by atoms with van der Waals surface area (Å²) in [5.41, 5.74) is 0. The van der Waals surface area contributed by atoms with Gasteiger partial charge in [0.15, 0.2) is 0 Å². The summed E-state index contributed by atoms with van der Waals surface area (Å²) >= 11 is 0. The smallest absolute Gasteiger partial charge is 0.267 e. The molecule has 0 spiro atoms. The molecular weight excluding hydrogens is 441 g/mol. The summed E-state index contributed by atoms with van der Waals surface area (Å²) in [7, 11) is -1.36. The lowest BCUT2D eigenvalue weighted by atomic mass is 10.5. The van der Waals surface area contributed by atoms with Crippen LogP contribution >= 0.6 is 43.2 Å². The fourth-order valence-electron chi connectivity index (χ4n) is 1.37. The van der Waals surface area contributed by atoms with Crippen LogP contribution in [0.1, 0.15) is 0 Å². The second-order valence-electron chi connectivity index (χ2n) is 4.73. The lowest BCUT2D eigenvalue weighted by Gasteiger charge is -2.23. The van der Waals surface area contributed by atoms with Crippen molar-refractivity contribution in [2.24, 2.45) is 0 Å². The molecule has 144 valence electrons. The summed E-state index contributed by atoms with van der Waals surface area (Å²) in [6.07, 6.45) is 0. The summed E-state index contributed by atoms with van der Waals surface area (Å²) in [5.74, 6) is 0.877. The number of hydrogen-bond acceptors (Lipinski definition) is 10. The first-order chi connectivity index (χ1) is 11.2. The van der Waals surface area contributed by atoms with Crippen molar-refractivity contribution >= 4 is 63.4 Å². The summed E-state index contributed by atoms with van der Waals surface area (Å²) in [6, 6.07) is 0. The minimum atomic E-state index is -4.00. The molecule has 1 fully saturated rings. The molecule has 0 amide bonds. The topological polar surface area (TPSA) is 127 Å². The molecule has 24 heavy (non-hydrogen) atoms. The van der Waals surface area contributed by atoms with Crippen LogP contribution in [0.5, 0.6) is 0 Å². The maximum atomic E-state index is 10.6. The fourth-order valence-corrected chi connectivity index (χ4v) is 8.54. The van der Waals surface area contributed by atoms with Crippen molar-refractivity contribution in [2.75, 3.05) is 49.4 Å². The molecule has 0 aromatic rings. The third-order valence-electron chi connectivity index (χ3n) is 2.50. The molecular formula is C10H20O8S6. The minimum absolute atomic E-state index is 0.0411. The van der Waals surface area contributed by atoms with Crippen molar-refractivity contribution in [3.05, 3.63) is 0 Å². The average Bonchev–Trinajstić information content (AvgIpc) is 2.41. The fraction of sp³-hybridized carbons (Fsp3) is 1.00. The van der Waals surface area contributed by atoms with E-state index in [1.807, 2.05) is 0 Å². The van der Waals surface area contributed by atoms with Crippen LogP contribution < -0.4 is 0 Å². The molecule has 1 saturated heterocycles. The number of rotatable bonds is 10. The molecule has 0 aromatic heterocycles. The van der Waals surface area contributed by atoms with Crippen LogP contribution in [0.2, 0.25) is 0 Å². The van der Waals surface area contributed by atoms with Crippen LogP contribution in [0.4, 0.5) is 0 Å². The van der Waals surface area contributed by atoms with Gasteiger partial charge in [-0.1, -0.05) is 43.2 Å². The van der Waals surface area contributed by atoms with E-state index < -0.39 is 31.7 Å². The maximum Gasteiger partial charge on any atom is 0.267 e. The third-order valence-corrected chi connectivity index (χ3v) is 10.1. The van der Waals surface area contributed by atoms with Crippen LogP contribution in [-0.2, 0) is 29.7 Å². The van der Waals surface area contributed by atoms with Crippen LogP contribution in [0, 0.1) is 0 Å². The van der Waals surface area contributed by atoms with Gasteiger partial charge in [0.05, 0.1) is 37.9 Å². The zero-order chi connectivity index (χ0) is 18.1. The van der Waals surface area contributed by atoms with Crippen molar-refractivity contribution < 1.29 is 35.4 Å². The third kappa shape index (κ3) is 13.4. The highest BCUT2D eigenvalue weighted by molar-refractivity contribution is 8.80. The highest BCUT2D eigenvalue weighted by Gasteiger charge is 2.20. The summed E-state index contributed by atoms with van der Waals surface area (Å²) in [5, 5.41) is 0.351. The molecule has 1 rings (SSSR count). The Balaban J connectivity index is 2.22. The van der Waals surface area contributed by atoms with Crippen molar-refractivity contribution in [3.63, 3.8) is 0 Å². The Hall–Kier alpha value is 1.14. The molecule has 0 radical (unpaired) electrons. The van der Waals surface area contributed by atoms with Gasteiger partial charge in [-0.15, -0.1) is 0 Å². The molecule has 1 aliphatic rings. The van der Waals surface area contributed by atoms with Crippen LogP contribution in [0.3, 0.4) is 0 Å². The van der Waals surface area contributed by atoms with Gasteiger partial charge in [-0.25, -0.2) is 0 Å². The van der Waals surface area contributed by atoms with Crippen molar-refractivity contribution in [1.82, 2.24) is 0 Å². The Labute approximate surface area is 158 Å². The molecule has 0 saturated carbocycles. The van der Waals surface area contributed by atoms with E-state index in [0.29, 0.717) is 13.2 Å². The summed E-state index contributed by atoms with van der Waals surface area (Å²) < 4.78 is 70.3. The minimum Gasteiger partial charge on any atom is -0.379 e. The first-order valence-electron chi connectivity index (χ1n) is 6.78. The van der Waals surface area contributed by atoms with Gasteiger partial charge in [-0.2, -0.15) is 16.8 Å². The van der Waals surface area contributed by atoms with Gasteiger partial charge < -0.3 is 9.47 Å². The van der Waals surface area contributed by atoms with Gasteiger partial charge in [0.1, 0.15) is 0 Å². The van der Waals surface area contributed by atoms with Crippen LogP contribution in [-0.4, -0.2) is 85.9 Å². The van der Waals surface area contributed by atoms with Gasteiger partial charge >= 0.3 is 0 Å². The SMILES string of the molecule is O=S(=O)(O)CCOC[C@@H]1CSSC[C@@H](COCCS(=O)(=O)O)SS1. The Bertz CT molecular complexity index is 500. The molecule has 0 aliphatic carbocycles. The first-order valence-corrected chi connectivity index (χ1v) is 14.8. The monoisotopic (exact) mass is 460 g/mol. The predicted octanol–water partition coefficient (Wildman–Crippen LogP) is 1.31. The lowest BCUT2D eigenvalue weighted by molar-refractivity contribution is 0.152. The second kappa shape index (κ2) is 11.8. The molecule has 2 atom stereocenters. The van der Waals surface area contributed by atoms with Crippen molar-refractivity contribution in [2.45, 2.75) is 10.5 Å². The van der Waals surface area contributed by atoms with Crippen LogP contribution in [0.15, 0.2) is 0 Å². The second-order valence-corrected chi connectivity index (χ2v) is 13.3. The highest BCUT2D eigenvalue weighted by atomic mass is 33.1. The largest absolute Gasteiger partial charge is 0.379 e. The standard InChI is InChI=1S/C10H20O8S6/c11-23(12,13)3-1-17-5-9-7-19-20-8-10(22-21-9)6-18-2-4-24(14,15)16/h9-10H,1-8H2,(H,11,12,13)(H,14,15,16)/t9-,10-/m1/s1. The van der Waals surface area contributed by atoms with E-state index in [-0.39, 0.29) is 23.7 Å². The van der Waals surface area contributed by atoms with E-state index in [4.69, 9.17) is 18.6 Å². The zero-order valence-electron chi connectivity index (χ0n) is 12.6. The van der Waals surface area contributed by atoms with Gasteiger partial charge in [-0.3, -0.25) is 9.11 Å². The molecule has 1 heterocycles. The number of hydrogen-bond donors (Lipinski definition) is 2. The van der Waals surface area contributed by atoms with Gasteiger partial charge in [0.25, 0.3) is 20.2 Å². The van der Waals surface area contributed by atoms with Crippen molar-refractivity contribution in [3.8, 4) is 0 Å². The van der Waals surface area contributed by atoms with Gasteiger partial charge in [0.2, 0.25) is 0 Å². The summed E-state index contributed by atoms with van der Waals surface area (Å²) in [4.78, 5) is 0. The first kappa shape index (κ1) is 23.2. The average molecular weight is 461 g/mol. The quantitative estimate of drug-likeness (QED) is 0.277. The van der Waals surface area contributed by atoms with Gasteiger partial charge in [0, 0.05) is 22.0 Å². The molecule has 14 heteroatoms. The van der Waals surface area contributed by atoms with Gasteiger partial charge in [-0.05, 0) is 0 Å². The molecule has 0 aromatic carbocycles. The Morgan fingerprint density at radius 1 is 0.792 bits per heavy atom. The van der Waals surface area contributed by atoms with Crippen molar-refractivity contribution in [1.29, 1.82) is 0 Å². The molecule has 2 N–H and O–H groups in total. The van der Waals surface area contributed by atoms with E-state index in [1.54, 1.807) is 43.2 Å². The molecule has 8 nitrogen and oxygen atoms in total. The Morgan fingerprint density at radius 2 is 1.17 bits per heavy atom. The Kier molecular flexibility index (Phi) is 11.4. The summed E-state index contributed by atoms with van der Waals surface area (Å²) in [6.45, 7) is 0.690. The normalized spacial score (nSPS) is 23.6. The molecule has 1 aliphatic heterocycles. The maximum absolute atomic E-state index is 10.6. The lowest BCUT2D eigenvalue weighted by Crippen LogP contribution is -2.22. The Morgan fingerprint density at radius 3 is 1.50 bits per heavy atom. The zero-order valence-corrected chi connectivity index (χ0v) is 17.5. The highest BCUT2D eigenvalue weighted by Crippen LogP contribution is 2.41. The van der Waals surface area contributed by atoms with E-state index in [2.05, 4.69) is 0 Å². The van der Waals surface area contributed by atoms with E-state index >= 15 is 0 Å². The van der Waals surface area contributed by atoms with E-state index in [1.165, 1.54) is 0 Å². The molecule has 0 bridgehead atoms. The van der Waals surface area contributed by atoms with E-state index in [0.717, 1.165) is 11.5 Å². The number of ether oxygens (including phenoxy) is 2. The van der Waals surface area contributed by atoms with E-state index in [9.17, 15) is 16.8 Å². The molecule has 0 unspecified atom stereocenters. The van der Waals surface area contributed by atoms with Crippen LogP contribution in [0.25, 0.3) is 0 Å².